The molecule has 0 spiro atoms. The van der Waals surface area contributed by atoms with E-state index in [1.54, 1.807) is 19.1 Å². The maximum absolute atomic E-state index is 11.9. The minimum atomic E-state index is -0.247. The third-order valence-electron chi connectivity index (χ3n) is 2.47. The number of aromatic amines is 1. The lowest BCUT2D eigenvalue weighted by Crippen LogP contribution is -2.13. The van der Waals surface area contributed by atoms with E-state index in [9.17, 15) is 4.79 Å². The summed E-state index contributed by atoms with van der Waals surface area (Å²) < 4.78 is 0. The van der Waals surface area contributed by atoms with Crippen molar-refractivity contribution in [2.75, 3.05) is 5.32 Å². The molecule has 1 amide bonds. The molecule has 4 nitrogen and oxygen atoms in total. The Morgan fingerprint density at radius 1 is 1.41 bits per heavy atom. The number of benzene rings is 1. The molecule has 0 bridgehead atoms. The summed E-state index contributed by atoms with van der Waals surface area (Å²) in [6, 6.07) is 5.38. The van der Waals surface area contributed by atoms with Crippen molar-refractivity contribution in [3.8, 4) is 0 Å². The lowest BCUT2D eigenvalue weighted by atomic mass is 10.2. The van der Waals surface area contributed by atoms with Crippen LogP contribution in [-0.2, 0) is 0 Å². The minimum absolute atomic E-state index is 0.247. The molecule has 0 radical (unpaired) electrons. The fourth-order valence-corrected chi connectivity index (χ4v) is 1.63. The van der Waals surface area contributed by atoms with Crippen molar-refractivity contribution in [1.82, 2.24) is 9.97 Å². The molecule has 2 N–H and O–H groups in total. The van der Waals surface area contributed by atoms with Gasteiger partial charge in [0.2, 0.25) is 0 Å². The lowest BCUT2D eigenvalue weighted by Gasteiger charge is -2.05. The van der Waals surface area contributed by atoms with Gasteiger partial charge in [0.15, 0.2) is 0 Å². The Kier molecular flexibility index (Phi) is 3.15. The second-order valence-electron chi connectivity index (χ2n) is 3.79. The number of imidazole rings is 1. The maximum atomic E-state index is 11.9. The van der Waals surface area contributed by atoms with E-state index in [2.05, 4.69) is 15.3 Å². The van der Waals surface area contributed by atoms with Gasteiger partial charge in [-0.15, -0.1) is 0 Å². The molecule has 0 unspecified atom stereocenters. The SMILES string of the molecule is Cc1ccc(NC(=O)c2nc[nH]c2C)cc1Cl. The van der Waals surface area contributed by atoms with Crippen molar-refractivity contribution in [2.24, 2.45) is 0 Å². The Morgan fingerprint density at radius 3 is 2.76 bits per heavy atom. The largest absolute Gasteiger partial charge is 0.348 e. The summed E-state index contributed by atoms with van der Waals surface area (Å²) in [6.45, 7) is 3.70. The third kappa shape index (κ3) is 2.47. The van der Waals surface area contributed by atoms with Crippen LogP contribution in [0.3, 0.4) is 0 Å². The number of H-pyrrole nitrogens is 1. The fraction of sp³-hybridized carbons (Fsp3) is 0.167. The molecule has 0 fully saturated rings. The number of carbonyl (C=O) groups is 1. The summed E-state index contributed by atoms with van der Waals surface area (Å²) in [5.41, 5.74) is 2.76. The van der Waals surface area contributed by atoms with E-state index in [4.69, 9.17) is 11.6 Å². The Hall–Kier alpha value is -1.81. The molecule has 1 heterocycles. The number of halogens is 1. The fourth-order valence-electron chi connectivity index (χ4n) is 1.45. The van der Waals surface area contributed by atoms with Gasteiger partial charge in [0, 0.05) is 16.4 Å². The summed E-state index contributed by atoms with van der Waals surface area (Å²) in [5.74, 6) is -0.247. The first-order valence-electron chi connectivity index (χ1n) is 5.15. The van der Waals surface area contributed by atoms with Crippen LogP contribution in [0.4, 0.5) is 5.69 Å². The van der Waals surface area contributed by atoms with Gasteiger partial charge in [-0.05, 0) is 31.5 Å². The van der Waals surface area contributed by atoms with Gasteiger partial charge >= 0.3 is 0 Å². The van der Waals surface area contributed by atoms with Gasteiger partial charge in [0.25, 0.3) is 5.91 Å². The number of hydrogen-bond acceptors (Lipinski definition) is 2. The number of rotatable bonds is 2. The minimum Gasteiger partial charge on any atom is -0.348 e. The van der Waals surface area contributed by atoms with Gasteiger partial charge in [-0.2, -0.15) is 0 Å². The van der Waals surface area contributed by atoms with Crippen molar-refractivity contribution in [3.63, 3.8) is 0 Å². The van der Waals surface area contributed by atoms with Crippen LogP contribution in [0.2, 0.25) is 5.02 Å². The van der Waals surface area contributed by atoms with Crippen molar-refractivity contribution in [1.29, 1.82) is 0 Å². The number of aryl methyl sites for hydroxylation is 2. The maximum Gasteiger partial charge on any atom is 0.276 e. The van der Waals surface area contributed by atoms with Crippen LogP contribution < -0.4 is 5.32 Å². The number of nitrogens with zero attached hydrogens (tertiary/aromatic N) is 1. The Morgan fingerprint density at radius 2 is 2.18 bits per heavy atom. The molecular weight excluding hydrogens is 238 g/mol. The summed E-state index contributed by atoms with van der Waals surface area (Å²) in [5, 5.41) is 3.37. The number of aromatic nitrogens is 2. The van der Waals surface area contributed by atoms with Crippen molar-refractivity contribution >= 4 is 23.2 Å². The molecule has 0 atom stereocenters. The molecule has 0 aliphatic heterocycles. The molecule has 5 heteroatoms. The standard InChI is InChI=1S/C12H12ClN3O/c1-7-3-4-9(5-10(7)13)16-12(17)11-8(2)14-6-15-11/h3-6H,1-2H3,(H,14,15)(H,16,17). The van der Waals surface area contributed by atoms with Gasteiger partial charge in [-0.25, -0.2) is 4.98 Å². The van der Waals surface area contributed by atoms with Crippen molar-refractivity contribution in [2.45, 2.75) is 13.8 Å². The van der Waals surface area contributed by atoms with Crippen molar-refractivity contribution < 1.29 is 4.79 Å². The first kappa shape index (κ1) is 11.7. The quantitative estimate of drug-likeness (QED) is 0.860. The molecule has 88 valence electrons. The highest BCUT2D eigenvalue weighted by Gasteiger charge is 2.11. The average molecular weight is 250 g/mol. The molecule has 0 saturated heterocycles. The highest BCUT2D eigenvalue weighted by atomic mass is 35.5. The van der Waals surface area contributed by atoms with E-state index in [0.29, 0.717) is 16.4 Å². The predicted molar refractivity (Wildman–Crippen MR) is 67.5 cm³/mol. The van der Waals surface area contributed by atoms with E-state index in [0.717, 1.165) is 11.3 Å². The van der Waals surface area contributed by atoms with E-state index in [-0.39, 0.29) is 5.91 Å². The van der Waals surface area contributed by atoms with Gasteiger partial charge in [0.1, 0.15) is 5.69 Å². The topological polar surface area (TPSA) is 57.8 Å². The summed E-state index contributed by atoms with van der Waals surface area (Å²) in [7, 11) is 0. The molecule has 0 saturated carbocycles. The molecule has 17 heavy (non-hydrogen) atoms. The van der Waals surface area contributed by atoms with Gasteiger partial charge in [-0.3, -0.25) is 4.79 Å². The van der Waals surface area contributed by atoms with Gasteiger partial charge in [0.05, 0.1) is 6.33 Å². The molecule has 1 aromatic heterocycles. The highest BCUT2D eigenvalue weighted by Crippen LogP contribution is 2.20. The van der Waals surface area contributed by atoms with E-state index in [1.165, 1.54) is 6.33 Å². The number of hydrogen-bond donors (Lipinski definition) is 2. The van der Waals surface area contributed by atoms with Crippen LogP contribution in [0.5, 0.6) is 0 Å². The average Bonchev–Trinajstić information content (AvgIpc) is 2.70. The second-order valence-corrected chi connectivity index (χ2v) is 4.20. The lowest BCUT2D eigenvalue weighted by molar-refractivity contribution is 0.102. The molecule has 0 aliphatic rings. The van der Waals surface area contributed by atoms with Crippen LogP contribution in [0.25, 0.3) is 0 Å². The van der Waals surface area contributed by atoms with E-state index in [1.807, 2.05) is 13.0 Å². The van der Waals surface area contributed by atoms with Crippen LogP contribution in [-0.4, -0.2) is 15.9 Å². The monoisotopic (exact) mass is 249 g/mol. The normalized spacial score (nSPS) is 10.3. The van der Waals surface area contributed by atoms with Gasteiger partial charge in [-0.1, -0.05) is 17.7 Å². The molecule has 2 rings (SSSR count). The first-order valence-corrected chi connectivity index (χ1v) is 5.53. The van der Waals surface area contributed by atoms with Crippen LogP contribution in [0.1, 0.15) is 21.7 Å². The van der Waals surface area contributed by atoms with Crippen molar-refractivity contribution in [3.05, 3.63) is 46.5 Å². The highest BCUT2D eigenvalue weighted by molar-refractivity contribution is 6.31. The zero-order chi connectivity index (χ0) is 12.4. The summed E-state index contributed by atoms with van der Waals surface area (Å²) >= 11 is 5.98. The predicted octanol–water partition coefficient (Wildman–Crippen LogP) is 2.93. The van der Waals surface area contributed by atoms with Crippen LogP contribution in [0, 0.1) is 13.8 Å². The Bertz CT molecular complexity index is 563. The number of carbonyl (C=O) groups excluding carboxylic acids is 1. The van der Waals surface area contributed by atoms with Crippen LogP contribution >= 0.6 is 11.6 Å². The van der Waals surface area contributed by atoms with E-state index < -0.39 is 0 Å². The summed E-state index contributed by atoms with van der Waals surface area (Å²) in [4.78, 5) is 18.7. The first-order chi connectivity index (χ1) is 8.08. The Labute approximate surface area is 104 Å². The Balaban J connectivity index is 2.19. The molecule has 2 aromatic rings. The molecule has 0 aliphatic carbocycles. The summed E-state index contributed by atoms with van der Waals surface area (Å²) in [6.07, 6.45) is 1.49. The number of nitrogens with one attached hydrogen (secondary N) is 2. The smallest absolute Gasteiger partial charge is 0.276 e. The molecular formula is C12H12ClN3O. The van der Waals surface area contributed by atoms with E-state index >= 15 is 0 Å². The third-order valence-corrected chi connectivity index (χ3v) is 2.88. The number of amides is 1. The molecule has 1 aromatic carbocycles. The number of anilines is 1. The van der Waals surface area contributed by atoms with Gasteiger partial charge < -0.3 is 10.3 Å². The van der Waals surface area contributed by atoms with Crippen LogP contribution in [0.15, 0.2) is 24.5 Å². The zero-order valence-corrected chi connectivity index (χ0v) is 10.3. The zero-order valence-electron chi connectivity index (χ0n) is 9.54. The second kappa shape index (κ2) is 4.59.